The second-order valence-electron chi connectivity index (χ2n) is 2.85. The summed E-state index contributed by atoms with van der Waals surface area (Å²) < 4.78 is 4.69. The zero-order chi connectivity index (χ0) is 8.97. The summed E-state index contributed by atoms with van der Waals surface area (Å²) in [5.74, 6) is -0.313. The van der Waals surface area contributed by atoms with E-state index < -0.39 is 0 Å². The van der Waals surface area contributed by atoms with Gasteiger partial charge >= 0.3 is 5.97 Å². The number of carbonyl (C=O) groups is 1. The van der Waals surface area contributed by atoms with Gasteiger partial charge in [-0.15, -0.1) is 0 Å². The molecular weight excluding hydrogens is 154 g/mol. The normalized spacial score (nSPS) is 16.0. The lowest BCUT2D eigenvalue weighted by Gasteiger charge is -2.01. The van der Waals surface area contributed by atoms with E-state index in [0.29, 0.717) is 0 Å². The fourth-order valence-electron chi connectivity index (χ4n) is 1.36. The van der Waals surface area contributed by atoms with Crippen molar-refractivity contribution >= 4 is 5.97 Å². The van der Waals surface area contributed by atoms with Gasteiger partial charge in [-0.3, -0.25) is 0 Å². The summed E-state index contributed by atoms with van der Waals surface area (Å²) in [6, 6.07) is 1.77. The van der Waals surface area contributed by atoms with Gasteiger partial charge in [-0.05, 0) is 26.2 Å². The molecule has 1 aliphatic carbocycles. The molecule has 0 aromatic heterocycles. The summed E-state index contributed by atoms with van der Waals surface area (Å²) in [7, 11) is 0. The van der Waals surface area contributed by atoms with Gasteiger partial charge in [0.15, 0.2) is 6.61 Å². The molecule has 3 nitrogen and oxygen atoms in total. The molecule has 1 aliphatic rings. The largest absolute Gasteiger partial charge is 0.447 e. The zero-order valence-corrected chi connectivity index (χ0v) is 7.09. The zero-order valence-electron chi connectivity index (χ0n) is 7.09. The average molecular weight is 165 g/mol. The van der Waals surface area contributed by atoms with Gasteiger partial charge in [0.25, 0.3) is 0 Å². The van der Waals surface area contributed by atoms with Crippen molar-refractivity contribution in [3.05, 3.63) is 11.1 Å². The van der Waals surface area contributed by atoms with Gasteiger partial charge in [-0.1, -0.05) is 5.57 Å². The topological polar surface area (TPSA) is 50.1 Å². The molecule has 0 bridgehead atoms. The first-order valence-corrected chi connectivity index (χ1v) is 3.98. The van der Waals surface area contributed by atoms with Crippen LogP contribution < -0.4 is 0 Å². The van der Waals surface area contributed by atoms with E-state index in [4.69, 9.17) is 5.26 Å². The first-order valence-electron chi connectivity index (χ1n) is 3.98. The number of carbonyl (C=O) groups excluding carboxylic acids is 1. The smallest absolute Gasteiger partial charge is 0.334 e. The molecule has 0 unspecified atom stereocenters. The molecule has 0 radical (unpaired) electrons. The van der Waals surface area contributed by atoms with Crippen molar-refractivity contribution in [2.24, 2.45) is 0 Å². The lowest BCUT2D eigenvalue weighted by Crippen LogP contribution is -2.07. The third kappa shape index (κ3) is 1.85. The van der Waals surface area contributed by atoms with Crippen LogP contribution in [0, 0.1) is 11.3 Å². The summed E-state index contributed by atoms with van der Waals surface area (Å²) in [5, 5.41) is 8.18. The molecule has 0 aromatic rings. The maximum Gasteiger partial charge on any atom is 0.334 e. The average Bonchev–Trinajstić information content (AvgIpc) is 2.47. The Balaban J connectivity index is 2.53. The molecule has 0 fully saturated rings. The Hall–Kier alpha value is -1.30. The summed E-state index contributed by atoms with van der Waals surface area (Å²) in [6.07, 6.45) is 2.82. The Bertz CT molecular complexity index is 260. The Morgan fingerprint density at radius 3 is 2.92 bits per heavy atom. The van der Waals surface area contributed by atoms with Crippen LogP contribution >= 0.6 is 0 Å². The third-order valence-corrected chi connectivity index (χ3v) is 2.01. The van der Waals surface area contributed by atoms with Crippen molar-refractivity contribution < 1.29 is 9.53 Å². The van der Waals surface area contributed by atoms with Crippen LogP contribution in [0.25, 0.3) is 0 Å². The van der Waals surface area contributed by atoms with Gasteiger partial charge in [-0.25, -0.2) is 4.79 Å². The number of rotatable bonds is 2. The SMILES string of the molecule is CC1=C(C(=O)OCC#N)CCC1. The van der Waals surface area contributed by atoms with E-state index in [2.05, 4.69) is 4.74 Å². The third-order valence-electron chi connectivity index (χ3n) is 2.01. The number of nitrogens with zero attached hydrogens (tertiary/aromatic N) is 1. The highest BCUT2D eigenvalue weighted by molar-refractivity contribution is 5.89. The molecule has 64 valence electrons. The fraction of sp³-hybridized carbons (Fsp3) is 0.556. The molecule has 0 atom stereocenters. The minimum absolute atomic E-state index is 0.143. The van der Waals surface area contributed by atoms with Gasteiger partial charge in [0.1, 0.15) is 6.07 Å². The molecule has 12 heavy (non-hydrogen) atoms. The molecule has 0 saturated heterocycles. The molecular formula is C9H11NO2. The number of allylic oxidation sites excluding steroid dienone is 1. The van der Waals surface area contributed by atoms with E-state index in [-0.39, 0.29) is 12.6 Å². The second-order valence-corrected chi connectivity index (χ2v) is 2.85. The van der Waals surface area contributed by atoms with Crippen LogP contribution in [-0.4, -0.2) is 12.6 Å². The molecule has 0 aromatic carbocycles. The highest BCUT2D eigenvalue weighted by atomic mass is 16.5. The van der Waals surface area contributed by atoms with Crippen molar-refractivity contribution in [2.75, 3.05) is 6.61 Å². The summed E-state index contributed by atoms with van der Waals surface area (Å²) in [5.41, 5.74) is 1.88. The molecule has 0 aliphatic heterocycles. The van der Waals surface area contributed by atoms with Crippen LogP contribution in [0.2, 0.25) is 0 Å². The van der Waals surface area contributed by atoms with E-state index in [0.717, 1.165) is 30.4 Å². The van der Waals surface area contributed by atoms with Gasteiger partial charge in [-0.2, -0.15) is 5.26 Å². The fourth-order valence-corrected chi connectivity index (χ4v) is 1.36. The Morgan fingerprint density at radius 1 is 1.67 bits per heavy atom. The van der Waals surface area contributed by atoms with Crippen molar-refractivity contribution in [1.29, 1.82) is 5.26 Å². The first-order chi connectivity index (χ1) is 5.75. The lowest BCUT2D eigenvalue weighted by molar-refractivity contribution is -0.137. The van der Waals surface area contributed by atoms with E-state index >= 15 is 0 Å². The van der Waals surface area contributed by atoms with Crippen molar-refractivity contribution in [1.82, 2.24) is 0 Å². The quantitative estimate of drug-likeness (QED) is 0.583. The molecule has 0 amide bonds. The predicted octanol–water partition coefficient (Wildman–Crippen LogP) is 1.55. The van der Waals surface area contributed by atoms with Crippen molar-refractivity contribution in [2.45, 2.75) is 26.2 Å². The van der Waals surface area contributed by atoms with Crippen LogP contribution in [0.4, 0.5) is 0 Å². The summed E-state index contributed by atoms with van der Waals surface area (Å²) >= 11 is 0. The number of ether oxygens (including phenoxy) is 1. The van der Waals surface area contributed by atoms with E-state index in [1.165, 1.54) is 0 Å². The van der Waals surface area contributed by atoms with Crippen LogP contribution in [0.15, 0.2) is 11.1 Å². The number of hydrogen-bond acceptors (Lipinski definition) is 3. The molecule has 1 rings (SSSR count). The van der Waals surface area contributed by atoms with Crippen LogP contribution in [0.1, 0.15) is 26.2 Å². The summed E-state index contributed by atoms with van der Waals surface area (Å²) in [6.45, 7) is 1.80. The van der Waals surface area contributed by atoms with Crippen LogP contribution in [0.3, 0.4) is 0 Å². The van der Waals surface area contributed by atoms with E-state index in [1.54, 1.807) is 6.07 Å². The van der Waals surface area contributed by atoms with Crippen molar-refractivity contribution in [3.8, 4) is 6.07 Å². The monoisotopic (exact) mass is 165 g/mol. The lowest BCUT2D eigenvalue weighted by atomic mass is 10.2. The van der Waals surface area contributed by atoms with Crippen LogP contribution in [-0.2, 0) is 9.53 Å². The molecule has 0 N–H and O–H groups in total. The van der Waals surface area contributed by atoms with Crippen molar-refractivity contribution in [3.63, 3.8) is 0 Å². The Kier molecular flexibility index (Phi) is 2.87. The highest BCUT2D eigenvalue weighted by Gasteiger charge is 2.18. The predicted molar refractivity (Wildman–Crippen MR) is 43.1 cm³/mol. The maximum absolute atomic E-state index is 11.2. The summed E-state index contributed by atoms with van der Waals surface area (Å²) in [4.78, 5) is 11.2. The van der Waals surface area contributed by atoms with Gasteiger partial charge in [0, 0.05) is 5.57 Å². The minimum atomic E-state index is -0.313. The Labute approximate surface area is 71.6 Å². The maximum atomic E-state index is 11.2. The van der Waals surface area contributed by atoms with E-state index in [9.17, 15) is 4.79 Å². The van der Waals surface area contributed by atoms with E-state index in [1.807, 2.05) is 6.92 Å². The van der Waals surface area contributed by atoms with Gasteiger partial charge < -0.3 is 4.74 Å². The van der Waals surface area contributed by atoms with Gasteiger partial charge in [0.05, 0.1) is 0 Å². The standard InChI is InChI=1S/C9H11NO2/c1-7-3-2-4-8(7)9(11)12-6-5-10/h2-4,6H2,1H3. The van der Waals surface area contributed by atoms with Crippen LogP contribution in [0.5, 0.6) is 0 Å². The number of esters is 1. The Morgan fingerprint density at radius 2 is 2.42 bits per heavy atom. The molecule has 0 saturated carbocycles. The molecule has 3 heteroatoms. The molecule has 0 heterocycles. The number of nitriles is 1. The minimum Gasteiger partial charge on any atom is -0.447 e. The second kappa shape index (κ2) is 3.91. The molecule has 0 spiro atoms. The van der Waals surface area contributed by atoms with Gasteiger partial charge in [0.2, 0.25) is 0 Å². The number of hydrogen-bond donors (Lipinski definition) is 0. The first kappa shape index (κ1) is 8.79. The highest BCUT2D eigenvalue weighted by Crippen LogP contribution is 2.25.